The molecule has 4 nitrogen and oxygen atoms in total. The summed E-state index contributed by atoms with van der Waals surface area (Å²) in [4.78, 5) is 14.0. The van der Waals surface area contributed by atoms with Crippen LogP contribution in [-0.4, -0.2) is 48.3 Å². The molecule has 1 fully saturated rings. The highest BCUT2D eigenvalue weighted by Gasteiger charge is 2.23. The van der Waals surface area contributed by atoms with Crippen molar-refractivity contribution in [2.75, 3.05) is 26.3 Å². The van der Waals surface area contributed by atoms with Gasteiger partial charge >= 0.3 is 0 Å². The number of aliphatic hydroxyl groups is 1. The molecule has 1 aliphatic rings. The third-order valence-corrected chi connectivity index (χ3v) is 3.25. The first-order valence-corrected chi connectivity index (χ1v) is 6.92. The van der Waals surface area contributed by atoms with Crippen molar-refractivity contribution < 1.29 is 19.0 Å². The van der Waals surface area contributed by atoms with E-state index in [9.17, 15) is 9.18 Å². The maximum Gasteiger partial charge on any atom is 0.256 e. The van der Waals surface area contributed by atoms with Crippen molar-refractivity contribution in [3.05, 3.63) is 35.1 Å². The zero-order chi connectivity index (χ0) is 15.2. The number of benzene rings is 1. The van der Waals surface area contributed by atoms with Gasteiger partial charge in [-0.15, -0.1) is 0 Å². The topological polar surface area (TPSA) is 49.8 Å². The first-order chi connectivity index (χ1) is 10.1. The van der Waals surface area contributed by atoms with Crippen LogP contribution < -0.4 is 0 Å². The number of carbonyl (C=O) groups is 1. The first-order valence-electron chi connectivity index (χ1n) is 6.92. The second-order valence-electron chi connectivity index (χ2n) is 4.94. The van der Waals surface area contributed by atoms with Crippen molar-refractivity contribution in [3.63, 3.8) is 0 Å². The Morgan fingerprint density at radius 3 is 3.10 bits per heavy atom. The van der Waals surface area contributed by atoms with Gasteiger partial charge in [0, 0.05) is 25.3 Å². The van der Waals surface area contributed by atoms with Gasteiger partial charge in [-0.3, -0.25) is 4.79 Å². The van der Waals surface area contributed by atoms with Crippen LogP contribution in [0.15, 0.2) is 18.2 Å². The van der Waals surface area contributed by atoms with Crippen LogP contribution >= 0.6 is 0 Å². The number of ether oxygens (including phenoxy) is 1. The van der Waals surface area contributed by atoms with Gasteiger partial charge in [0.2, 0.25) is 0 Å². The summed E-state index contributed by atoms with van der Waals surface area (Å²) in [6, 6.07) is 4.24. The molecule has 21 heavy (non-hydrogen) atoms. The van der Waals surface area contributed by atoms with Gasteiger partial charge in [0.25, 0.3) is 5.91 Å². The van der Waals surface area contributed by atoms with E-state index < -0.39 is 5.82 Å². The van der Waals surface area contributed by atoms with Gasteiger partial charge in [-0.1, -0.05) is 11.8 Å². The van der Waals surface area contributed by atoms with Crippen molar-refractivity contribution in [2.24, 2.45) is 0 Å². The number of halogens is 1. The van der Waals surface area contributed by atoms with Gasteiger partial charge in [0.05, 0.1) is 11.7 Å². The summed E-state index contributed by atoms with van der Waals surface area (Å²) in [7, 11) is 0. The molecule has 1 aromatic rings. The lowest BCUT2D eigenvalue weighted by Crippen LogP contribution is -2.36. The van der Waals surface area contributed by atoms with Crippen LogP contribution in [0.2, 0.25) is 0 Å². The Balaban J connectivity index is 2.18. The molecule has 1 amide bonds. The van der Waals surface area contributed by atoms with E-state index in [4.69, 9.17) is 9.84 Å². The van der Waals surface area contributed by atoms with Crippen LogP contribution in [0.5, 0.6) is 0 Å². The average molecular weight is 291 g/mol. The molecule has 0 saturated carbocycles. The summed E-state index contributed by atoms with van der Waals surface area (Å²) in [6.45, 7) is 3.26. The molecule has 0 radical (unpaired) electrons. The minimum absolute atomic E-state index is 0.0404. The second-order valence-corrected chi connectivity index (χ2v) is 4.94. The standard InChI is InChI=1S/C16H18FNO3/c1-12-11-18(7-3-9-21-12)16(20)14-6-5-13(4-2-8-19)10-15(14)17/h5-6,10,12,19H,3,7-9,11H2,1H3. The van der Waals surface area contributed by atoms with Crippen molar-refractivity contribution in [1.82, 2.24) is 4.90 Å². The Labute approximate surface area is 123 Å². The smallest absolute Gasteiger partial charge is 0.256 e. The van der Waals surface area contributed by atoms with Crippen LogP contribution in [0.1, 0.15) is 29.3 Å². The third-order valence-electron chi connectivity index (χ3n) is 3.25. The summed E-state index contributed by atoms with van der Waals surface area (Å²) >= 11 is 0. The lowest BCUT2D eigenvalue weighted by atomic mass is 10.1. The summed E-state index contributed by atoms with van der Waals surface area (Å²) in [5.41, 5.74) is 0.476. The SMILES string of the molecule is CC1CN(C(=O)c2ccc(C#CCO)cc2F)CCCO1. The van der Waals surface area contributed by atoms with Gasteiger partial charge in [0.1, 0.15) is 12.4 Å². The molecule has 1 unspecified atom stereocenters. The fourth-order valence-corrected chi connectivity index (χ4v) is 2.26. The molecular weight excluding hydrogens is 273 g/mol. The number of hydrogen-bond donors (Lipinski definition) is 1. The maximum absolute atomic E-state index is 14.1. The van der Waals surface area contributed by atoms with E-state index in [1.165, 1.54) is 12.1 Å². The van der Waals surface area contributed by atoms with Crippen molar-refractivity contribution in [2.45, 2.75) is 19.4 Å². The second kappa shape index (κ2) is 7.21. The predicted octanol–water partition coefficient (Wildman–Crippen LogP) is 1.42. The predicted molar refractivity (Wildman–Crippen MR) is 76.3 cm³/mol. The van der Waals surface area contributed by atoms with Crippen LogP contribution in [0.4, 0.5) is 4.39 Å². The van der Waals surface area contributed by atoms with Gasteiger partial charge < -0.3 is 14.7 Å². The average Bonchev–Trinajstić information content (AvgIpc) is 2.69. The molecule has 1 atom stereocenters. The molecule has 2 rings (SSSR count). The van der Waals surface area contributed by atoms with Gasteiger partial charge in [-0.05, 0) is 31.5 Å². The quantitative estimate of drug-likeness (QED) is 0.796. The molecule has 5 heteroatoms. The van der Waals surface area contributed by atoms with E-state index in [1.54, 1.807) is 11.0 Å². The van der Waals surface area contributed by atoms with Crippen molar-refractivity contribution >= 4 is 5.91 Å². The molecule has 0 bridgehead atoms. The maximum atomic E-state index is 14.1. The van der Waals surface area contributed by atoms with E-state index in [2.05, 4.69) is 11.8 Å². The number of aliphatic hydroxyl groups excluding tert-OH is 1. The van der Waals surface area contributed by atoms with Crippen molar-refractivity contribution in [1.29, 1.82) is 0 Å². The number of nitrogens with zero attached hydrogens (tertiary/aromatic N) is 1. The third kappa shape index (κ3) is 4.03. The number of amides is 1. The normalized spacial score (nSPS) is 18.6. The minimum atomic E-state index is -0.595. The summed E-state index contributed by atoms with van der Waals surface area (Å²) in [6.07, 6.45) is 0.701. The van der Waals surface area contributed by atoms with E-state index in [1.807, 2.05) is 6.92 Å². The number of carbonyl (C=O) groups excluding carboxylic acids is 1. The molecule has 1 aliphatic heterocycles. The highest BCUT2D eigenvalue weighted by atomic mass is 19.1. The van der Waals surface area contributed by atoms with Crippen LogP contribution in [0.3, 0.4) is 0 Å². The van der Waals surface area contributed by atoms with Gasteiger partial charge in [-0.2, -0.15) is 0 Å². The Bertz CT molecular complexity index is 577. The highest BCUT2D eigenvalue weighted by molar-refractivity contribution is 5.94. The Hall–Kier alpha value is -1.90. The van der Waals surface area contributed by atoms with Crippen molar-refractivity contribution in [3.8, 4) is 11.8 Å². The van der Waals surface area contributed by atoms with Crippen LogP contribution in [0.25, 0.3) is 0 Å². The molecule has 0 aromatic heterocycles. The molecule has 0 spiro atoms. The molecule has 1 N–H and O–H groups in total. The Morgan fingerprint density at radius 1 is 1.57 bits per heavy atom. The number of hydrogen-bond acceptors (Lipinski definition) is 3. The zero-order valence-electron chi connectivity index (χ0n) is 11.9. The lowest BCUT2D eigenvalue weighted by Gasteiger charge is -2.22. The summed E-state index contributed by atoms with van der Waals surface area (Å²) in [5, 5.41) is 8.62. The highest BCUT2D eigenvalue weighted by Crippen LogP contribution is 2.15. The van der Waals surface area contributed by atoms with E-state index in [0.29, 0.717) is 25.3 Å². The first kappa shape index (κ1) is 15.5. The lowest BCUT2D eigenvalue weighted by molar-refractivity contribution is 0.0560. The van der Waals surface area contributed by atoms with Crippen LogP contribution in [0, 0.1) is 17.7 Å². The fourth-order valence-electron chi connectivity index (χ4n) is 2.26. The Kier molecular flexibility index (Phi) is 5.32. The zero-order valence-corrected chi connectivity index (χ0v) is 11.9. The molecule has 0 aliphatic carbocycles. The van der Waals surface area contributed by atoms with Crippen LogP contribution in [-0.2, 0) is 4.74 Å². The monoisotopic (exact) mass is 291 g/mol. The fraction of sp³-hybridized carbons (Fsp3) is 0.438. The Morgan fingerprint density at radius 2 is 2.38 bits per heavy atom. The molecule has 1 heterocycles. The van der Waals surface area contributed by atoms with E-state index >= 15 is 0 Å². The van der Waals surface area contributed by atoms with Gasteiger partial charge in [-0.25, -0.2) is 4.39 Å². The number of rotatable bonds is 1. The van der Waals surface area contributed by atoms with E-state index in [0.717, 1.165) is 6.42 Å². The molecule has 1 saturated heterocycles. The minimum Gasteiger partial charge on any atom is -0.384 e. The molecule has 112 valence electrons. The molecule has 1 aromatic carbocycles. The van der Waals surface area contributed by atoms with Gasteiger partial charge in [0.15, 0.2) is 0 Å². The van der Waals surface area contributed by atoms with E-state index in [-0.39, 0.29) is 24.2 Å². The summed E-state index contributed by atoms with van der Waals surface area (Å²) in [5.74, 6) is 4.14. The largest absolute Gasteiger partial charge is 0.384 e. The molecular formula is C16H18FNO3. The summed E-state index contributed by atoms with van der Waals surface area (Å²) < 4.78 is 19.6.